The molecule has 4 aliphatic carbocycles. The van der Waals surface area contributed by atoms with E-state index in [4.69, 9.17) is 0 Å². The third-order valence-electron chi connectivity index (χ3n) is 11.5. The van der Waals surface area contributed by atoms with E-state index in [1.54, 1.807) is 0 Å². The van der Waals surface area contributed by atoms with Crippen LogP contribution in [0.2, 0.25) is 0 Å². The number of fused-ring (bicyclic) bond motifs is 5. The van der Waals surface area contributed by atoms with Gasteiger partial charge in [-0.05, 0) is 126 Å². The fraction of sp³-hybridized carbons (Fsp3) is 0.154. The minimum absolute atomic E-state index is 0.212. The van der Waals surface area contributed by atoms with Crippen molar-refractivity contribution in [2.24, 2.45) is 5.92 Å². The first-order chi connectivity index (χ1) is 26.6. The normalized spacial score (nSPS) is 19.6. The Balaban J connectivity index is 1.06. The molecule has 54 heavy (non-hydrogen) atoms. The monoisotopic (exact) mass is 698 g/mol. The van der Waals surface area contributed by atoms with Crippen molar-refractivity contribution in [1.29, 1.82) is 0 Å². The van der Waals surface area contributed by atoms with Crippen molar-refractivity contribution in [2.75, 3.05) is 9.80 Å². The summed E-state index contributed by atoms with van der Waals surface area (Å²) < 4.78 is 0. The maximum absolute atomic E-state index is 2.61. The molecule has 2 atom stereocenters. The molecule has 0 radical (unpaired) electrons. The number of nitrogens with zero attached hydrogens (tertiary/aromatic N) is 2. The lowest BCUT2D eigenvalue weighted by atomic mass is 9.74. The van der Waals surface area contributed by atoms with E-state index in [9.17, 15) is 0 Å². The van der Waals surface area contributed by atoms with E-state index >= 15 is 0 Å². The van der Waals surface area contributed by atoms with Crippen LogP contribution in [0.5, 0.6) is 0 Å². The average Bonchev–Trinajstić information content (AvgIpc) is 3.24. The van der Waals surface area contributed by atoms with Gasteiger partial charge in [-0.2, -0.15) is 0 Å². The van der Waals surface area contributed by atoms with Crippen molar-refractivity contribution in [1.82, 2.24) is 0 Å². The van der Waals surface area contributed by atoms with Gasteiger partial charge < -0.3 is 9.80 Å². The fourth-order valence-electron chi connectivity index (χ4n) is 8.86. The smallest absolute Gasteiger partial charge is 0.0631 e. The highest BCUT2D eigenvalue weighted by Gasteiger charge is 2.35. The number of hydrogen-bond donors (Lipinski definition) is 0. The standard InChI is InChI=1S/C52H46N2/c1-37(29-30-38(2)53(42-19-5-3-6-20-42)51-35-40-17-9-11-23-45(40)47-25-13-15-27-49(47)51)39-31-33-44(34-32-39)54(43-21-7-4-8-22-43)52-36-41-18-10-12-24-46(41)48-26-14-16-28-50(48)52/h3-11,13-23,25-31,33,35-36,50,52H,12,24,32,34H2,1-2H3/b37-29+,38-30+. The van der Waals surface area contributed by atoms with Gasteiger partial charge in [0, 0.05) is 34.1 Å². The third-order valence-corrected chi connectivity index (χ3v) is 11.5. The summed E-state index contributed by atoms with van der Waals surface area (Å²) in [5, 5.41) is 5.04. The predicted octanol–water partition coefficient (Wildman–Crippen LogP) is 13.8. The van der Waals surface area contributed by atoms with E-state index in [1.165, 1.54) is 72.2 Å². The van der Waals surface area contributed by atoms with Crippen molar-refractivity contribution in [3.8, 4) is 0 Å². The Morgan fingerprint density at radius 1 is 0.667 bits per heavy atom. The summed E-state index contributed by atoms with van der Waals surface area (Å²) in [6.45, 7) is 4.50. The van der Waals surface area contributed by atoms with Gasteiger partial charge in [0.1, 0.15) is 0 Å². The summed E-state index contributed by atoms with van der Waals surface area (Å²) in [5.41, 5.74) is 13.2. The topological polar surface area (TPSA) is 6.48 Å². The first-order valence-electron chi connectivity index (χ1n) is 19.5. The summed E-state index contributed by atoms with van der Waals surface area (Å²) in [6.07, 6.45) is 30.0. The second kappa shape index (κ2) is 14.7. The van der Waals surface area contributed by atoms with Crippen LogP contribution in [0.25, 0.3) is 21.5 Å². The summed E-state index contributed by atoms with van der Waals surface area (Å²) in [4.78, 5) is 5.02. The van der Waals surface area contributed by atoms with E-state index in [2.05, 4.69) is 206 Å². The van der Waals surface area contributed by atoms with Crippen molar-refractivity contribution in [3.05, 3.63) is 221 Å². The molecule has 5 aromatic rings. The van der Waals surface area contributed by atoms with Crippen LogP contribution in [0.15, 0.2) is 221 Å². The van der Waals surface area contributed by atoms with Crippen LogP contribution in [0.3, 0.4) is 0 Å². The maximum atomic E-state index is 2.61. The Hall–Kier alpha value is -6.12. The Labute approximate surface area is 320 Å². The molecular weight excluding hydrogens is 653 g/mol. The zero-order valence-electron chi connectivity index (χ0n) is 31.2. The minimum atomic E-state index is 0.212. The Morgan fingerprint density at radius 3 is 2.17 bits per heavy atom. The lowest BCUT2D eigenvalue weighted by molar-refractivity contribution is 0.596. The number of benzene rings is 5. The van der Waals surface area contributed by atoms with Crippen LogP contribution in [0.1, 0.15) is 39.5 Å². The van der Waals surface area contributed by atoms with Crippen LogP contribution < -0.4 is 9.80 Å². The average molecular weight is 699 g/mol. The Kier molecular flexibility index (Phi) is 9.19. The molecule has 0 fully saturated rings. The number of hydrogen-bond acceptors (Lipinski definition) is 2. The van der Waals surface area contributed by atoms with Gasteiger partial charge in [-0.25, -0.2) is 0 Å². The first kappa shape index (κ1) is 33.7. The molecular formula is C52H46N2. The van der Waals surface area contributed by atoms with Gasteiger partial charge in [0.2, 0.25) is 0 Å². The molecule has 264 valence electrons. The number of allylic oxidation sites excluding steroid dienone is 15. The Morgan fingerprint density at radius 2 is 1.39 bits per heavy atom. The van der Waals surface area contributed by atoms with Gasteiger partial charge in [0.25, 0.3) is 0 Å². The first-order valence-corrected chi connectivity index (χ1v) is 19.5. The van der Waals surface area contributed by atoms with E-state index in [0.717, 1.165) is 31.4 Å². The van der Waals surface area contributed by atoms with Crippen LogP contribution in [-0.2, 0) is 0 Å². The molecule has 2 heteroatoms. The second-order valence-electron chi connectivity index (χ2n) is 14.8. The lowest BCUT2D eigenvalue weighted by Crippen LogP contribution is -2.42. The molecule has 0 saturated heterocycles. The highest BCUT2D eigenvalue weighted by Crippen LogP contribution is 2.44. The molecule has 0 heterocycles. The molecule has 9 rings (SSSR count). The van der Waals surface area contributed by atoms with Gasteiger partial charge in [-0.15, -0.1) is 0 Å². The molecule has 0 spiro atoms. The van der Waals surface area contributed by atoms with E-state index in [0.29, 0.717) is 5.92 Å². The van der Waals surface area contributed by atoms with Crippen molar-refractivity contribution in [2.45, 2.75) is 45.6 Å². The molecule has 0 amide bonds. The van der Waals surface area contributed by atoms with Gasteiger partial charge >= 0.3 is 0 Å². The third kappa shape index (κ3) is 6.32. The quantitative estimate of drug-likeness (QED) is 0.118. The van der Waals surface area contributed by atoms with Crippen LogP contribution in [0, 0.1) is 5.92 Å². The molecule has 0 bridgehead atoms. The van der Waals surface area contributed by atoms with Crippen LogP contribution in [0.4, 0.5) is 17.1 Å². The van der Waals surface area contributed by atoms with Gasteiger partial charge in [-0.3, -0.25) is 0 Å². The molecule has 4 aliphatic rings. The minimum Gasteiger partial charge on any atom is -0.337 e. The van der Waals surface area contributed by atoms with E-state index in [-0.39, 0.29) is 6.04 Å². The van der Waals surface area contributed by atoms with Crippen LogP contribution in [-0.4, -0.2) is 6.04 Å². The van der Waals surface area contributed by atoms with E-state index in [1.807, 2.05) is 0 Å². The molecule has 0 N–H and O–H groups in total. The SMILES string of the molecule is C/C(=C\C=C(/C)N(c1ccccc1)c1cc2ccccc2c2ccccc12)C1=CC=C(N(c2ccccc2)C2C=C3C=CCCC3=C3C=CC=CC32)CC1. The fourth-order valence-corrected chi connectivity index (χ4v) is 8.86. The molecule has 2 nitrogen and oxygen atoms in total. The van der Waals surface area contributed by atoms with Crippen LogP contribution >= 0.6 is 0 Å². The van der Waals surface area contributed by atoms with E-state index < -0.39 is 0 Å². The van der Waals surface area contributed by atoms with Gasteiger partial charge in [0.15, 0.2) is 0 Å². The molecule has 5 aromatic carbocycles. The lowest BCUT2D eigenvalue weighted by Gasteiger charge is -2.43. The van der Waals surface area contributed by atoms with Crippen molar-refractivity contribution in [3.63, 3.8) is 0 Å². The molecule has 2 unspecified atom stereocenters. The predicted molar refractivity (Wildman–Crippen MR) is 231 cm³/mol. The van der Waals surface area contributed by atoms with Crippen molar-refractivity contribution >= 4 is 38.6 Å². The largest absolute Gasteiger partial charge is 0.337 e. The maximum Gasteiger partial charge on any atom is 0.0631 e. The zero-order valence-corrected chi connectivity index (χ0v) is 31.2. The number of para-hydroxylation sites is 2. The van der Waals surface area contributed by atoms with Gasteiger partial charge in [-0.1, -0.05) is 140 Å². The highest BCUT2D eigenvalue weighted by atomic mass is 15.2. The summed E-state index contributed by atoms with van der Waals surface area (Å²) in [5.74, 6) is 0.328. The summed E-state index contributed by atoms with van der Waals surface area (Å²) in [7, 11) is 0. The number of anilines is 3. The van der Waals surface area contributed by atoms with Crippen molar-refractivity contribution < 1.29 is 0 Å². The summed E-state index contributed by atoms with van der Waals surface area (Å²) >= 11 is 0. The highest BCUT2D eigenvalue weighted by molar-refractivity contribution is 6.14. The molecule has 0 aromatic heterocycles. The molecule has 0 aliphatic heterocycles. The molecule has 0 saturated carbocycles. The summed E-state index contributed by atoms with van der Waals surface area (Å²) in [6, 6.07) is 41.8. The zero-order chi connectivity index (χ0) is 36.4. The number of rotatable bonds is 8. The Bertz CT molecular complexity index is 2520. The van der Waals surface area contributed by atoms with Gasteiger partial charge in [0.05, 0.1) is 11.7 Å². The second-order valence-corrected chi connectivity index (χ2v) is 14.8.